The smallest absolute Gasteiger partial charge is 0.274 e. The molecule has 1 amide bonds. The Morgan fingerprint density at radius 1 is 0.879 bits per heavy atom. The molecule has 1 aliphatic heterocycles. The van der Waals surface area contributed by atoms with Crippen molar-refractivity contribution in [2.24, 2.45) is 0 Å². The number of hydrogen-bond acceptors (Lipinski definition) is 3. The first-order valence-corrected chi connectivity index (χ1v) is 10.8. The van der Waals surface area contributed by atoms with Gasteiger partial charge < -0.3 is 4.90 Å². The summed E-state index contributed by atoms with van der Waals surface area (Å²) < 4.78 is 28.7. The van der Waals surface area contributed by atoms with Crippen molar-refractivity contribution in [3.8, 4) is 11.3 Å². The minimum atomic E-state index is -0.977. The van der Waals surface area contributed by atoms with Gasteiger partial charge in [0.05, 0.1) is 17.6 Å². The van der Waals surface area contributed by atoms with Crippen molar-refractivity contribution in [1.82, 2.24) is 14.7 Å². The Balaban J connectivity index is 1.52. The number of nitrogens with zero attached hydrogens (tertiary/aromatic N) is 3. The number of aromatic nitrogens is 2. The molecule has 0 saturated carbocycles. The fraction of sp³-hybridized carbons (Fsp3) is 0.192. The van der Waals surface area contributed by atoms with Crippen molar-refractivity contribution in [2.45, 2.75) is 19.4 Å². The van der Waals surface area contributed by atoms with Crippen LogP contribution in [0.1, 0.15) is 28.8 Å². The third kappa shape index (κ3) is 4.02. The van der Waals surface area contributed by atoms with Crippen LogP contribution in [0.2, 0.25) is 0 Å². The maximum atomic E-state index is 13.9. The van der Waals surface area contributed by atoms with Crippen molar-refractivity contribution < 1.29 is 13.6 Å². The number of rotatable bonds is 4. The van der Waals surface area contributed by atoms with Gasteiger partial charge in [0.1, 0.15) is 0 Å². The van der Waals surface area contributed by atoms with Crippen molar-refractivity contribution in [3.05, 3.63) is 99.8 Å². The molecule has 7 heteroatoms. The molecule has 0 N–H and O–H groups in total. The van der Waals surface area contributed by atoms with Gasteiger partial charge in [0.25, 0.3) is 11.5 Å². The molecule has 3 aromatic carbocycles. The molecule has 5 rings (SSSR count). The van der Waals surface area contributed by atoms with Crippen LogP contribution in [-0.4, -0.2) is 33.7 Å². The lowest BCUT2D eigenvalue weighted by Crippen LogP contribution is -2.27. The van der Waals surface area contributed by atoms with Crippen molar-refractivity contribution in [2.75, 3.05) is 13.1 Å². The molecular weight excluding hydrogens is 424 g/mol. The molecule has 2 heterocycles. The minimum Gasteiger partial charge on any atom is -0.339 e. The molecule has 0 radical (unpaired) electrons. The van der Waals surface area contributed by atoms with E-state index in [0.29, 0.717) is 27.6 Å². The Bertz CT molecular complexity index is 1410. The Kier molecular flexibility index (Phi) is 5.46. The van der Waals surface area contributed by atoms with E-state index in [-0.39, 0.29) is 18.0 Å². The maximum Gasteiger partial charge on any atom is 0.274 e. The Morgan fingerprint density at radius 3 is 2.27 bits per heavy atom. The Morgan fingerprint density at radius 2 is 1.58 bits per heavy atom. The van der Waals surface area contributed by atoms with Gasteiger partial charge in [-0.15, -0.1) is 0 Å². The first-order chi connectivity index (χ1) is 16.0. The van der Waals surface area contributed by atoms with Crippen LogP contribution in [0.5, 0.6) is 0 Å². The van der Waals surface area contributed by atoms with Gasteiger partial charge >= 0.3 is 0 Å². The highest BCUT2D eigenvalue weighted by atomic mass is 19.2. The van der Waals surface area contributed by atoms with Crippen LogP contribution in [0.3, 0.4) is 0 Å². The second kappa shape index (κ2) is 8.58. The van der Waals surface area contributed by atoms with Gasteiger partial charge in [0.2, 0.25) is 0 Å². The van der Waals surface area contributed by atoms with Crippen LogP contribution >= 0.6 is 0 Å². The zero-order chi connectivity index (χ0) is 22.9. The summed E-state index contributed by atoms with van der Waals surface area (Å²) in [6.07, 6.45) is 2.06. The van der Waals surface area contributed by atoms with Gasteiger partial charge in [-0.2, -0.15) is 5.10 Å². The van der Waals surface area contributed by atoms with Gasteiger partial charge in [-0.3, -0.25) is 9.59 Å². The number of carbonyl (C=O) groups excluding carboxylic acids is 1. The van der Waals surface area contributed by atoms with E-state index in [9.17, 15) is 18.4 Å². The SMILES string of the molecule is O=C(c1ccc(Cn2nc(-c3ccc(F)c(F)c3)c3ccccc3c2=O)cc1)N1CCCC1. The van der Waals surface area contributed by atoms with Crippen LogP contribution in [0.25, 0.3) is 22.0 Å². The van der Waals surface area contributed by atoms with Gasteiger partial charge in [0, 0.05) is 29.6 Å². The zero-order valence-corrected chi connectivity index (χ0v) is 17.8. The molecule has 1 aliphatic rings. The highest BCUT2D eigenvalue weighted by Crippen LogP contribution is 2.26. The summed E-state index contributed by atoms with van der Waals surface area (Å²) in [4.78, 5) is 27.5. The topological polar surface area (TPSA) is 55.2 Å². The summed E-state index contributed by atoms with van der Waals surface area (Å²) in [5, 5.41) is 5.50. The van der Waals surface area contributed by atoms with Gasteiger partial charge in [0.15, 0.2) is 11.6 Å². The minimum absolute atomic E-state index is 0.0145. The molecule has 33 heavy (non-hydrogen) atoms. The fourth-order valence-corrected chi connectivity index (χ4v) is 4.23. The molecule has 0 aliphatic carbocycles. The normalized spacial score (nSPS) is 13.6. The molecule has 0 unspecified atom stereocenters. The quantitative estimate of drug-likeness (QED) is 0.460. The summed E-state index contributed by atoms with van der Waals surface area (Å²) in [7, 11) is 0. The van der Waals surface area contributed by atoms with Crippen LogP contribution in [0, 0.1) is 11.6 Å². The van der Waals surface area contributed by atoms with Crippen molar-refractivity contribution in [1.29, 1.82) is 0 Å². The van der Waals surface area contributed by atoms with Gasteiger partial charge in [-0.05, 0) is 54.8 Å². The van der Waals surface area contributed by atoms with E-state index in [1.807, 2.05) is 17.0 Å². The molecule has 0 atom stereocenters. The third-order valence-corrected chi connectivity index (χ3v) is 5.99. The van der Waals surface area contributed by atoms with E-state index in [2.05, 4.69) is 5.10 Å². The highest BCUT2D eigenvalue weighted by Gasteiger charge is 2.19. The van der Waals surface area contributed by atoms with Crippen molar-refractivity contribution in [3.63, 3.8) is 0 Å². The molecule has 166 valence electrons. The van der Waals surface area contributed by atoms with Crippen LogP contribution in [-0.2, 0) is 6.54 Å². The number of hydrogen-bond donors (Lipinski definition) is 0. The first-order valence-electron chi connectivity index (χ1n) is 10.8. The van der Waals surface area contributed by atoms with Gasteiger partial charge in [-0.1, -0.05) is 30.3 Å². The van der Waals surface area contributed by atoms with E-state index < -0.39 is 11.6 Å². The van der Waals surface area contributed by atoms with Crippen LogP contribution in [0.4, 0.5) is 8.78 Å². The van der Waals surface area contributed by atoms with E-state index in [1.54, 1.807) is 36.4 Å². The molecule has 1 saturated heterocycles. The Hall–Kier alpha value is -3.87. The molecule has 1 fully saturated rings. The van der Waals surface area contributed by atoms with E-state index in [1.165, 1.54) is 10.7 Å². The summed E-state index contributed by atoms with van der Waals surface area (Å²) in [5.41, 5.74) is 1.90. The Labute approximate surface area is 188 Å². The summed E-state index contributed by atoms with van der Waals surface area (Å²) in [5.74, 6) is -1.91. The molecule has 5 nitrogen and oxygen atoms in total. The third-order valence-electron chi connectivity index (χ3n) is 5.99. The molecule has 1 aromatic heterocycles. The number of halogens is 2. The average Bonchev–Trinajstić information content (AvgIpc) is 3.38. The molecule has 0 bridgehead atoms. The van der Waals surface area contributed by atoms with E-state index in [4.69, 9.17) is 0 Å². The van der Waals surface area contributed by atoms with Crippen LogP contribution < -0.4 is 5.56 Å². The van der Waals surface area contributed by atoms with E-state index in [0.717, 1.165) is 43.6 Å². The standard InChI is InChI=1S/C26H21F2N3O2/c27-22-12-11-19(15-23(22)28)24-20-5-1-2-6-21(20)26(33)31(29-24)16-17-7-9-18(10-8-17)25(32)30-13-3-4-14-30/h1-2,5-12,15H,3-4,13-14,16H2. The van der Waals surface area contributed by atoms with Crippen molar-refractivity contribution >= 4 is 16.7 Å². The lowest BCUT2D eigenvalue weighted by Gasteiger charge is -2.15. The summed E-state index contributed by atoms with van der Waals surface area (Å²) in [6, 6.07) is 17.7. The maximum absolute atomic E-state index is 13.9. The largest absolute Gasteiger partial charge is 0.339 e. The number of fused-ring (bicyclic) bond motifs is 1. The summed E-state index contributed by atoms with van der Waals surface area (Å²) >= 11 is 0. The average molecular weight is 445 g/mol. The second-order valence-electron chi connectivity index (χ2n) is 8.18. The monoisotopic (exact) mass is 445 g/mol. The fourth-order valence-electron chi connectivity index (χ4n) is 4.23. The predicted octanol–water partition coefficient (Wildman–Crippen LogP) is 4.63. The first kappa shape index (κ1) is 21.0. The zero-order valence-electron chi connectivity index (χ0n) is 17.8. The highest BCUT2D eigenvalue weighted by molar-refractivity contribution is 5.94. The number of benzene rings is 3. The van der Waals surface area contributed by atoms with Gasteiger partial charge in [-0.25, -0.2) is 13.5 Å². The lowest BCUT2D eigenvalue weighted by molar-refractivity contribution is 0.0793. The van der Waals surface area contributed by atoms with Crippen LogP contribution in [0.15, 0.2) is 71.5 Å². The van der Waals surface area contributed by atoms with E-state index >= 15 is 0 Å². The molecule has 4 aromatic rings. The summed E-state index contributed by atoms with van der Waals surface area (Å²) in [6.45, 7) is 1.74. The predicted molar refractivity (Wildman–Crippen MR) is 122 cm³/mol. The molecule has 0 spiro atoms. The number of carbonyl (C=O) groups is 1. The number of amides is 1. The number of likely N-dealkylation sites (tertiary alicyclic amines) is 1. The second-order valence-corrected chi connectivity index (χ2v) is 8.18. The lowest BCUT2D eigenvalue weighted by atomic mass is 10.0. The molecular formula is C26H21F2N3O2.